The van der Waals surface area contributed by atoms with Gasteiger partial charge in [0, 0.05) is 5.02 Å². The molecule has 0 unspecified atom stereocenters. The van der Waals surface area contributed by atoms with E-state index in [0.29, 0.717) is 31.3 Å². The van der Waals surface area contributed by atoms with Gasteiger partial charge in [0.25, 0.3) is 0 Å². The molecule has 0 radical (unpaired) electrons. The number of aryl methyl sites for hydroxylation is 1. The first-order valence-corrected chi connectivity index (χ1v) is 8.69. The average Bonchev–Trinajstić information content (AvgIpc) is 2.55. The summed E-state index contributed by atoms with van der Waals surface area (Å²) in [4.78, 5) is 14.6. The molecule has 6 nitrogen and oxygen atoms in total. The summed E-state index contributed by atoms with van der Waals surface area (Å²) in [6.07, 6.45) is -0.803. The zero-order valence-corrected chi connectivity index (χ0v) is 15.0. The molecule has 1 saturated heterocycles. The lowest BCUT2D eigenvalue weighted by atomic mass is 10.2. The Kier molecular flexibility index (Phi) is 7.15. The number of aliphatic hydroxyl groups excluding tert-OH is 1. The van der Waals surface area contributed by atoms with E-state index >= 15 is 0 Å². The van der Waals surface area contributed by atoms with Crippen molar-refractivity contribution in [2.45, 2.75) is 20.0 Å². The van der Waals surface area contributed by atoms with Crippen LogP contribution in [0, 0.1) is 6.92 Å². The van der Waals surface area contributed by atoms with Gasteiger partial charge in [0.1, 0.15) is 25.0 Å². The summed E-state index contributed by atoms with van der Waals surface area (Å²) in [6, 6.07) is 5.43. The van der Waals surface area contributed by atoms with E-state index in [2.05, 4.69) is 0 Å². The van der Waals surface area contributed by atoms with Gasteiger partial charge >= 0.3 is 6.09 Å². The van der Waals surface area contributed by atoms with Crippen molar-refractivity contribution in [3.8, 4) is 5.75 Å². The van der Waals surface area contributed by atoms with Crippen LogP contribution in [0.4, 0.5) is 4.79 Å². The van der Waals surface area contributed by atoms with E-state index in [1.807, 2.05) is 19.1 Å². The summed E-state index contributed by atoms with van der Waals surface area (Å²) in [5, 5.41) is 10.9. The quantitative estimate of drug-likeness (QED) is 0.788. The summed E-state index contributed by atoms with van der Waals surface area (Å²) < 4.78 is 10.7. The van der Waals surface area contributed by atoms with Gasteiger partial charge in [0.15, 0.2) is 0 Å². The minimum atomic E-state index is -0.552. The number of carbonyl (C=O) groups is 1. The lowest BCUT2D eigenvalue weighted by molar-refractivity contribution is -0.907. The Morgan fingerprint density at radius 2 is 2.12 bits per heavy atom. The zero-order valence-electron chi connectivity index (χ0n) is 14.3. The third kappa shape index (κ3) is 5.54. The highest BCUT2D eigenvalue weighted by Gasteiger charge is 2.26. The number of carbonyl (C=O) groups excluding carboxylic acids is 1. The van der Waals surface area contributed by atoms with Gasteiger partial charge in [-0.05, 0) is 37.6 Å². The zero-order chi connectivity index (χ0) is 17.5. The summed E-state index contributed by atoms with van der Waals surface area (Å²) in [7, 11) is 0. The van der Waals surface area contributed by atoms with E-state index in [1.54, 1.807) is 17.9 Å². The van der Waals surface area contributed by atoms with Gasteiger partial charge in [-0.3, -0.25) is 4.90 Å². The third-order valence-corrected chi connectivity index (χ3v) is 4.32. The molecular weight excluding hydrogens is 332 g/mol. The van der Waals surface area contributed by atoms with Gasteiger partial charge in [-0.15, -0.1) is 0 Å². The monoisotopic (exact) mass is 357 g/mol. The van der Waals surface area contributed by atoms with Crippen molar-refractivity contribution >= 4 is 17.7 Å². The van der Waals surface area contributed by atoms with Crippen molar-refractivity contribution in [3.05, 3.63) is 28.8 Å². The van der Waals surface area contributed by atoms with E-state index in [0.717, 1.165) is 24.4 Å². The Balaban J connectivity index is 1.71. The Labute approximate surface area is 147 Å². The molecule has 1 aliphatic rings. The maximum Gasteiger partial charge on any atom is 0.410 e. The molecular formula is C17H26ClN2O4+. The van der Waals surface area contributed by atoms with Crippen LogP contribution in [0.2, 0.25) is 5.02 Å². The van der Waals surface area contributed by atoms with E-state index in [9.17, 15) is 9.90 Å². The maximum atomic E-state index is 11.7. The SMILES string of the molecule is CCOC(=O)N1CC[NH+](C[C@H](O)COc2ccc(Cl)cc2C)CC1. The lowest BCUT2D eigenvalue weighted by Crippen LogP contribution is -3.16. The second-order valence-corrected chi connectivity index (χ2v) is 6.45. The molecule has 7 heteroatoms. The number of rotatable bonds is 6. The van der Waals surface area contributed by atoms with Crippen LogP contribution in [0.25, 0.3) is 0 Å². The standard InChI is InChI=1S/C17H25ClN2O4/c1-3-23-17(22)20-8-6-19(7-9-20)11-15(21)12-24-16-5-4-14(18)10-13(16)2/h4-5,10,15,21H,3,6-9,11-12H2,1-2H3/p+1/t15-/m0/s1. The van der Waals surface area contributed by atoms with Crippen LogP contribution in [-0.2, 0) is 4.74 Å². The van der Waals surface area contributed by atoms with Crippen LogP contribution in [0.3, 0.4) is 0 Å². The molecule has 24 heavy (non-hydrogen) atoms. The van der Waals surface area contributed by atoms with Crippen LogP contribution < -0.4 is 9.64 Å². The fourth-order valence-corrected chi connectivity index (χ4v) is 3.00. The van der Waals surface area contributed by atoms with Gasteiger partial charge in [-0.2, -0.15) is 0 Å². The molecule has 0 saturated carbocycles. The number of hydrogen-bond acceptors (Lipinski definition) is 4. The fourth-order valence-electron chi connectivity index (χ4n) is 2.78. The Bertz CT molecular complexity index is 547. The molecule has 1 amide bonds. The van der Waals surface area contributed by atoms with Crippen molar-refractivity contribution in [1.29, 1.82) is 0 Å². The number of halogens is 1. The maximum absolute atomic E-state index is 11.7. The molecule has 0 aliphatic carbocycles. The largest absolute Gasteiger partial charge is 0.490 e. The first kappa shape index (κ1) is 18.8. The molecule has 1 aromatic rings. The Morgan fingerprint density at radius 1 is 1.42 bits per heavy atom. The molecule has 0 bridgehead atoms. The number of amides is 1. The second-order valence-electron chi connectivity index (χ2n) is 6.01. The Hall–Kier alpha value is -1.50. The first-order valence-electron chi connectivity index (χ1n) is 8.32. The topological polar surface area (TPSA) is 63.4 Å². The minimum absolute atomic E-state index is 0.244. The number of nitrogens with one attached hydrogen (secondary N) is 1. The normalized spacial score (nSPS) is 16.8. The molecule has 0 aromatic heterocycles. The van der Waals surface area contributed by atoms with Crippen LogP contribution in [0.15, 0.2) is 18.2 Å². The van der Waals surface area contributed by atoms with Crippen molar-refractivity contribution < 1.29 is 24.3 Å². The number of ether oxygens (including phenoxy) is 2. The molecule has 1 aliphatic heterocycles. The molecule has 2 N–H and O–H groups in total. The highest BCUT2D eigenvalue weighted by Crippen LogP contribution is 2.21. The molecule has 0 spiro atoms. The van der Waals surface area contributed by atoms with E-state index in [4.69, 9.17) is 21.1 Å². The summed E-state index contributed by atoms with van der Waals surface area (Å²) in [5.74, 6) is 0.737. The molecule has 1 atom stereocenters. The van der Waals surface area contributed by atoms with Gasteiger partial charge < -0.3 is 19.5 Å². The van der Waals surface area contributed by atoms with Crippen LogP contribution in [0.1, 0.15) is 12.5 Å². The van der Waals surface area contributed by atoms with E-state index in [1.165, 1.54) is 4.90 Å². The molecule has 134 valence electrons. The number of aliphatic hydroxyl groups is 1. The lowest BCUT2D eigenvalue weighted by Gasteiger charge is -2.32. The van der Waals surface area contributed by atoms with Gasteiger partial charge in [0.2, 0.25) is 0 Å². The van der Waals surface area contributed by atoms with Crippen LogP contribution in [0.5, 0.6) is 5.75 Å². The number of benzene rings is 1. The number of quaternary nitrogens is 1. The molecule has 1 aromatic carbocycles. The summed E-state index contributed by atoms with van der Waals surface area (Å²) >= 11 is 5.92. The van der Waals surface area contributed by atoms with E-state index in [-0.39, 0.29) is 12.7 Å². The van der Waals surface area contributed by atoms with E-state index < -0.39 is 6.10 Å². The van der Waals surface area contributed by atoms with Gasteiger partial charge in [0.05, 0.1) is 32.8 Å². The predicted octanol–water partition coefficient (Wildman–Crippen LogP) is 0.745. The average molecular weight is 358 g/mol. The molecule has 2 rings (SSSR count). The van der Waals surface area contributed by atoms with Crippen molar-refractivity contribution in [2.24, 2.45) is 0 Å². The Morgan fingerprint density at radius 3 is 2.75 bits per heavy atom. The number of piperazine rings is 1. The minimum Gasteiger partial charge on any atom is -0.490 e. The van der Waals surface area contributed by atoms with Crippen molar-refractivity contribution in [2.75, 3.05) is 45.9 Å². The number of nitrogens with zero attached hydrogens (tertiary/aromatic N) is 1. The summed E-state index contributed by atoms with van der Waals surface area (Å²) in [6.45, 7) is 7.87. The highest BCUT2D eigenvalue weighted by atomic mass is 35.5. The van der Waals surface area contributed by atoms with Gasteiger partial charge in [-0.1, -0.05) is 11.6 Å². The molecule has 1 heterocycles. The first-order chi connectivity index (χ1) is 11.5. The fraction of sp³-hybridized carbons (Fsp3) is 0.588. The second kappa shape index (κ2) is 9.11. The van der Waals surface area contributed by atoms with Crippen LogP contribution in [-0.4, -0.2) is 68.1 Å². The van der Waals surface area contributed by atoms with Crippen LogP contribution >= 0.6 is 11.6 Å². The molecule has 1 fully saturated rings. The number of hydrogen-bond donors (Lipinski definition) is 2. The van der Waals surface area contributed by atoms with Crippen molar-refractivity contribution in [1.82, 2.24) is 4.90 Å². The van der Waals surface area contributed by atoms with Gasteiger partial charge in [-0.25, -0.2) is 4.79 Å². The smallest absolute Gasteiger partial charge is 0.410 e. The summed E-state index contributed by atoms with van der Waals surface area (Å²) in [5.41, 5.74) is 0.949. The highest BCUT2D eigenvalue weighted by molar-refractivity contribution is 6.30. The van der Waals surface area contributed by atoms with Crippen molar-refractivity contribution in [3.63, 3.8) is 0 Å². The third-order valence-electron chi connectivity index (χ3n) is 4.09. The predicted molar refractivity (Wildman–Crippen MR) is 91.8 cm³/mol.